The molecule has 2 rings (SSSR count). The monoisotopic (exact) mass is 315 g/mol. The van der Waals surface area contributed by atoms with Gasteiger partial charge in [0.15, 0.2) is 0 Å². The Balaban J connectivity index is 1.94. The molecule has 0 aliphatic carbocycles. The Bertz CT molecular complexity index is 489. The van der Waals surface area contributed by atoms with Gasteiger partial charge < -0.3 is 11.1 Å². The van der Waals surface area contributed by atoms with Crippen molar-refractivity contribution in [1.82, 2.24) is 4.90 Å². The van der Waals surface area contributed by atoms with Crippen molar-refractivity contribution >= 4 is 34.8 Å². The summed E-state index contributed by atoms with van der Waals surface area (Å²) >= 11 is 12.1. The van der Waals surface area contributed by atoms with E-state index in [0.29, 0.717) is 28.8 Å². The first-order chi connectivity index (χ1) is 9.43. The van der Waals surface area contributed by atoms with Gasteiger partial charge in [-0.25, -0.2) is 0 Å². The molecule has 0 aromatic heterocycles. The second-order valence-corrected chi connectivity index (χ2v) is 6.43. The molecule has 1 aromatic carbocycles. The molecule has 1 aromatic rings. The van der Waals surface area contributed by atoms with E-state index in [9.17, 15) is 4.79 Å². The summed E-state index contributed by atoms with van der Waals surface area (Å²) < 4.78 is 0. The van der Waals surface area contributed by atoms with Gasteiger partial charge in [-0.2, -0.15) is 0 Å². The van der Waals surface area contributed by atoms with E-state index in [1.807, 2.05) is 0 Å². The molecule has 1 fully saturated rings. The lowest BCUT2D eigenvalue weighted by Crippen LogP contribution is -2.35. The minimum atomic E-state index is -0.110. The van der Waals surface area contributed by atoms with Crippen LogP contribution in [0.1, 0.15) is 13.3 Å². The molecule has 1 heterocycles. The minimum Gasteiger partial charge on any atom is -0.330 e. The number of nitrogens with two attached hydrogens (primary N) is 1. The fourth-order valence-electron chi connectivity index (χ4n) is 2.43. The van der Waals surface area contributed by atoms with Crippen molar-refractivity contribution < 1.29 is 4.79 Å². The van der Waals surface area contributed by atoms with Crippen LogP contribution in [0.3, 0.4) is 0 Å². The zero-order valence-corrected chi connectivity index (χ0v) is 13.0. The average Bonchev–Trinajstić information content (AvgIpc) is 2.76. The molecule has 1 aliphatic rings. The highest BCUT2D eigenvalue weighted by atomic mass is 35.5. The summed E-state index contributed by atoms with van der Waals surface area (Å²) in [5, 5.41) is 3.66. The summed E-state index contributed by atoms with van der Waals surface area (Å²) in [4.78, 5) is 14.2. The Morgan fingerprint density at radius 1 is 1.45 bits per heavy atom. The number of nitrogens with zero attached hydrogens (tertiary/aromatic N) is 1. The van der Waals surface area contributed by atoms with Gasteiger partial charge in [0.25, 0.3) is 0 Å². The predicted octanol–water partition coefficient (Wildman–Crippen LogP) is 2.60. The van der Waals surface area contributed by atoms with E-state index in [1.54, 1.807) is 18.2 Å². The molecule has 20 heavy (non-hydrogen) atoms. The second kappa shape index (κ2) is 6.31. The Morgan fingerprint density at radius 2 is 2.10 bits per heavy atom. The number of rotatable bonds is 4. The van der Waals surface area contributed by atoms with Gasteiger partial charge >= 0.3 is 0 Å². The largest absolute Gasteiger partial charge is 0.330 e. The number of benzene rings is 1. The van der Waals surface area contributed by atoms with Crippen LogP contribution in [0.25, 0.3) is 0 Å². The Kier molecular flexibility index (Phi) is 4.91. The number of halogens is 2. The molecule has 1 unspecified atom stereocenters. The van der Waals surface area contributed by atoms with Crippen molar-refractivity contribution in [1.29, 1.82) is 0 Å². The van der Waals surface area contributed by atoms with E-state index in [1.165, 1.54) is 0 Å². The minimum absolute atomic E-state index is 0.110. The first-order valence-corrected chi connectivity index (χ1v) is 7.35. The van der Waals surface area contributed by atoms with Crippen LogP contribution in [0.2, 0.25) is 10.0 Å². The van der Waals surface area contributed by atoms with Gasteiger partial charge in [-0.05, 0) is 37.1 Å². The fraction of sp³-hybridized carbons (Fsp3) is 0.500. The maximum Gasteiger partial charge on any atom is 0.238 e. The lowest BCUT2D eigenvalue weighted by molar-refractivity contribution is -0.117. The number of hydrogen-bond donors (Lipinski definition) is 2. The number of carbonyl (C=O) groups excluding carboxylic acids is 1. The molecular formula is C14H19Cl2N3O. The normalized spacial score (nSPS) is 23.0. The zero-order valence-electron chi connectivity index (χ0n) is 11.5. The molecule has 4 nitrogen and oxygen atoms in total. The predicted molar refractivity (Wildman–Crippen MR) is 83.3 cm³/mol. The lowest BCUT2D eigenvalue weighted by Gasteiger charge is -2.22. The van der Waals surface area contributed by atoms with Crippen LogP contribution in [-0.2, 0) is 4.79 Å². The number of para-hydroxylation sites is 1. The van der Waals surface area contributed by atoms with Crippen molar-refractivity contribution in [3.63, 3.8) is 0 Å². The summed E-state index contributed by atoms with van der Waals surface area (Å²) in [6.45, 7) is 4.85. The summed E-state index contributed by atoms with van der Waals surface area (Å²) in [6.07, 6.45) is 1.02. The first-order valence-electron chi connectivity index (χ1n) is 6.60. The number of amides is 1. The van der Waals surface area contributed by atoms with Crippen LogP contribution in [0, 0.1) is 5.41 Å². The van der Waals surface area contributed by atoms with Crippen LogP contribution in [-0.4, -0.2) is 37.0 Å². The number of carbonyl (C=O) groups is 1. The molecule has 3 N–H and O–H groups in total. The van der Waals surface area contributed by atoms with Crippen LogP contribution in [0.4, 0.5) is 5.69 Å². The van der Waals surface area contributed by atoms with E-state index in [2.05, 4.69) is 17.1 Å². The van der Waals surface area contributed by atoms with E-state index in [-0.39, 0.29) is 11.3 Å². The van der Waals surface area contributed by atoms with Gasteiger partial charge in [0, 0.05) is 6.54 Å². The van der Waals surface area contributed by atoms with Crippen molar-refractivity contribution in [2.45, 2.75) is 13.3 Å². The topological polar surface area (TPSA) is 58.4 Å². The Labute approximate surface area is 129 Å². The molecule has 0 radical (unpaired) electrons. The molecule has 0 spiro atoms. The van der Waals surface area contributed by atoms with E-state index in [4.69, 9.17) is 28.9 Å². The third kappa shape index (κ3) is 3.64. The van der Waals surface area contributed by atoms with Crippen molar-refractivity contribution in [3.8, 4) is 0 Å². The van der Waals surface area contributed by atoms with Crippen LogP contribution < -0.4 is 11.1 Å². The highest BCUT2D eigenvalue weighted by Gasteiger charge is 2.33. The standard InChI is InChI=1S/C14H19Cl2N3O/c1-14(8-17)5-6-19(9-14)7-12(20)18-13-10(15)3-2-4-11(13)16/h2-4H,5-9,17H2,1H3,(H,18,20). The zero-order chi connectivity index (χ0) is 14.8. The van der Waals surface area contributed by atoms with Crippen molar-refractivity contribution in [2.24, 2.45) is 11.1 Å². The second-order valence-electron chi connectivity index (χ2n) is 5.62. The van der Waals surface area contributed by atoms with Crippen LogP contribution in [0.5, 0.6) is 0 Å². The van der Waals surface area contributed by atoms with E-state index in [0.717, 1.165) is 19.5 Å². The number of nitrogens with one attached hydrogen (secondary N) is 1. The van der Waals surface area contributed by atoms with Gasteiger partial charge in [0.2, 0.25) is 5.91 Å². The SMILES string of the molecule is CC1(CN)CCN(CC(=O)Nc2c(Cl)cccc2Cl)C1. The van der Waals surface area contributed by atoms with Crippen molar-refractivity contribution in [3.05, 3.63) is 28.2 Å². The number of anilines is 1. The fourth-order valence-corrected chi connectivity index (χ4v) is 2.92. The molecule has 0 bridgehead atoms. The summed E-state index contributed by atoms with van der Waals surface area (Å²) in [6, 6.07) is 5.14. The summed E-state index contributed by atoms with van der Waals surface area (Å²) in [7, 11) is 0. The highest BCUT2D eigenvalue weighted by molar-refractivity contribution is 6.39. The Hall–Kier alpha value is -0.810. The van der Waals surface area contributed by atoms with Gasteiger partial charge in [-0.15, -0.1) is 0 Å². The molecule has 1 saturated heterocycles. The van der Waals surface area contributed by atoms with Gasteiger partial charge in [0.1, 0.15) is 0 Å². The number of likely N-dealkylation sites (tertiary alicyclic amines) is 1. The lowest BCUT2D eigenvalue weighted by atomic mass is 9.90. The van der Waals surface area contributed by atoms with Crippen LogP contribution in [0.15, 0.2) is 18.2 Å². The van der Waals surface area contributed by atoms with Crippen LogP contribution >= 0.6 is 23.2 Å². The maximum absolute atomic E-state index is 12.1. The van der Waals surface area contributed by atoms with Gasteiger partial charge in [0.05, 0.1) is 22.3 Å². The Morgan fingerprint density at radius 3 is 2.65 bits per heavy atom. The summed E-state index contributed by atoms with van der Waals surface area (Å²) in [5.74, 6) is -0.110. The molecule has 1 atom stereocenters. The van der Waals surface area contributed by atoms with Crippen molar-refractivity contribution in [2.75, 3.05) is 31.5 Å². The highest BCUT2D eigenvalue weighted by Crippen LogP contribution is 2.30. The smallest absolute Gasteiger partial charge is 0.238 e. The third-order valence-corrected chi connectivity index (χ3v) is 4.35. The third-order valence-electron chi connectivity index (χ3n) is 3.72. The maximum atomic E-state index is 12.1. The summed E-state index contributed by atoms with van der Waals surface area (Å²) in [5.41, 5.74) is 6.35. The molecule has 1 amide bonds. The quantitative estimate of drug-likeness (QED) is 0.898. The molecule has 1 aliphatic heterocycles. The van der Waals surface area contributed by atoms with E-state index < -0.39 is 0 Å². The molecule has 6 heteroatoms. The molecule has 110 valence electrons. The molecular weight excluding hydrogens is 297 g/mol. The van der Waals surface area contributed by atoms with Gasteiger partial charge in [-0.3, -0.25) is 9.69 Å². The van der Waals surface area contributed by atoms with E-state index >= 15 is 0 Å². The molecule has 0 saturated carbocycles. The average molecular weight is 316 g/mol. The van der Waals surface area contributed by atoms with Gasteiger partial charge in [-0.1, -0.05) is 36.2 Å². The number of hydrogen-bond acceptors (Lipinski definition) is 3. The first kappa shape index (κ1) is 15.6.